The van der Waals surface area contributed by atoms with Crippen LogP contribution in [0.1, 0.15) is 20.8 Å². The van der Waals surface area contributed by atoms with Gasteiger partial charge in [-0.1, -0.05) is 29.8 Å². The highest BCUT2D eigenvalue weighted by atomic mass is 35.5. The zero-order valence-corrected chi connectivity index (χ0v) is 8.35. The summed E-state index contributed by atoms with van der Waals surface area (Å²) in [5.74, 6) is -0.0174. The number of ketones is 1. The summed E-state index contributed by atoms with van der Waals surface area (Å²) in [6, 6.07) is 0. The third-order valence-electron chi connectivity index (χ3n) is 1.28. The largest absolute Gasteiger partial charge is 0.294 e. The molecule has 0 aliphatic heterocycles. The minimum absolute atomic E-state index is 0.0174. The van der Waals surface area contributed by atoms with Gasteiger partial charge in [0.05, 0.1) is 5.03 Å². The van der Waals surface area contributed by atoms with Crippen molar-refractivity contribution in [1.82, 2.24) is 0 Å². The Labute approximate surface area is 78.4 Å². The van der Waals surface area contributed by atoms with Crippen LogP contribution in [0, 0.1) is 0 Å². The Hall–Kier alpha value is -0.820. The number of allylic oxidation sites excluding steroid dienone is 6. The molecule has 0 N–H and O–H groups in total. The van der Waals surface area contributed by atoms with Gasteiger partial charge in [-0.2, -0.15) is 0 Å². The van der Waals surface area contributed by atoms with Gasteiger partial charge < -0.3 is 0 Å². The van der Waals surface area contributed by atoms with E-state index < -0.39 is 0 Å². The van der Waals surface area contributed by atoms with E-state index in [0.29, 0.717) is 10.6 Å². The molecule has 0 rings (SSSR count). The van der Waals surface area contributed by atoms with E-state index >= 15 is 0 Å². The number of carbonyl (C=O) groups is 1. The van der Waals surface area contributed by atoms with Crippen molar-refractivity contribution >= 4 is 17.4 Å². The first kappa shape index (κ1) is 11.2. The summed E-state index contributed by atoms with van der Waals surface area (Å²) in [6.45, 7) is 5.21. The Morgan fingerprint density at radius 2 is 1.67 bits per heavy atom. The van der Waals surface area contributed by atoms with Crippen LogP contribution in [0.25, 0.3) is 0 Å². The van der Waals surface area contributed by atoms with Crippen molar-refractivity contribution in [2.75, 3.05) is 0 Å². The first-order valence-corrected chi connectivity index (χ1v) is 4.17. The molecule has 0 aromatic carbocycles. The van der Waals surface area contributed by atoms with Crippen molar-refractivity contribution in [3.63, 3.8) is 0 Å². The van der Waals surface area contributed by atoms with Crippen molar-refractivity contribution < 1.29 is 4.79 Å². The van der Waals surface area contributed by atoms with Crippen molar-refractivity contribution in [2.24, 2.45) is 0 Å². The van der Waals surface area contributed by atoms with Crippen molar-refractivity contribution in [3.05, 3.63) is 34.9 Å². The van der Waals surface area contributed by atoms with Crippen LogP contribution in [0.2, 0.25) is 0 Å². The third kappa shape index (κ3) is 3.54. The Morgan fingerprint density at radius 1 is 1.17 bits per heavy atom. The molecule has 2 heteroatoms. The molecule has 0 unspecified atom stereocenters. The summed E-state index contributed by atoms with van der Waals surface area (Å²) in [4.78, 5) is 11.0. The Kier molecular flexibility index (Phi) is 5.39. The number of Topliss-reactive ketones (excluding diaryl/α,β-unsaturated/α-hetero) is 1. The molecule has 0 aliphatic carbocycles. The second-order valence-electron chi connectivity index (χ2n) is 2.32. The van der Waals surface area contributed by atoms with Crippen LogP contribution in [-0.2, 0) is 4.79 Å². The van der Waals surface area contributed by atoms with Gasteiger partial charge in [-0.3, -0.25) is 4.79 Å². The third-order valence-corrected chi connectivity index (χ3v) is 1.61. The monoisotopic (exact) mass is 184 g/mol. The minimum atomic E-state index is -0.0174. The molecule has 0 saturated carbocycles. The van der Waals surface area contributed by atoms with E-state index in [-0.39, 0.29) is 5.78 Å². The standard InChI is InChI=1S/C10H13ClO/c1-4-6-9(8(3)12)10(11)7-5-2/h4-7H,1-3H3/b6-4+,7-5-,10-9-. The van der Waals surface area contributed by atoms with Crippen molar-refractivity contribution in [3.8, 4) is 0 Å². The second-order valence-corrected chi connectivity index (χ2v) is 2.72. The Balaban J connectivity index is 4.93. The number of halogens is 1. The van der Waals surface area contributed by atoms with E-state index in [9.17, 15) is 4.79 Å². The molecule has 0 aromatic rings. The van der Waals surface area contributed by atoms with E-state index in [1.165, 1.54) is 6.92 Å². The maximum Gasteiger partial charge on any atom is 0.161 e. The molecule has 0 bridgehead atoms. The van der Waals surface area contributed by atoms with Gasteiger partial charge in [0.1, 0.15) is 0 Å². The number of hydrogen-bond acceptors (Lipinski definition) is 1. The topological polar surface area (TPSA) is 17.1 Å². The molecular formula is C10H13ClO. The summed E-state index contributed by atoms with van der Waals surface area (Å²) >= 11 is 5.84. The number of hydrogen-bond donors (Lipinski definition) is 0. The molecule has 0 aromatic heterocycles. The highest BCUT2D eigenvalue weighted by molar-refractivity contribution is 6.33. The lowest BCUT2D eigenvalue weighted by Crippen LogP contribution is -1.94. The first-order valence-electron chi connectivity index (χ1n) is 3.79. The summed E-state index contributed by atoms with van der Waals surface area (Å²) in [5.41, 5.74) is 0.553. The zero-order valence-electron chi connectivity index (χ0n) is 7.60. The molecule has 0 spiro atoms. The predicted molar refractivity (Wildman–Crippen MR) is 53.2 cm³/mol. The van der Waals surface area contributed by atoms with Crippen molar-refractivity contribution in [2.45, 2.75) is 20.8 Å². The summed E-state index contributed by atoms with van der Waals surface area (Å²) in [5, 5.41) is 0.489. The Morgan fingerprint density at radius 3 is 2.00 bits per heavy atom. The minimum Gasteiger partial charge on any atom is -0.294 e. The van der Waals surface area contributed by atoms with Crippen LogP contribution in [0.5, 0.6) is 0 Å². The van der Waals surface area contributed by atoms with Gasteiger partial charge in [0.15, 0.2) is 5.78 Å². The SMILES string of the molecule is C\C=C/C(Cl)=C(\C=C\C)C(C)=O. The lowest BCUT2D eigenvalue weighted by atomic mass is 10.1. The molecule has 12 heavy (non-hydrogen) atoms. The fraction of sp³-hybridized carbons (Fsp3) is 0.300. The maximum absolute atomic E-state index is 11.0. The fourth-order valence-electron chi connectivity index (χ4n) is 0.768. The van der Waals surface area contributed by atoms with Crippen LogP contribution in [0.4, 0.5) is 0 Å². The van der Waals surface area contributed by atoms with Crippen LogP contribution in [0.3, 0.4) is 0 Å². The summed E-state index contributed by atoms with van der Waals surface area (Å²) < 4.78 is 0. The highest BCUT2D eigenvalue weighted by Gasteiger charge is 2.02. The average Bonchev–Trinajstić information content (AvgIpc) is 1.99. The highest BCUT2D eigenvalue weighted by Crippen LogP contribution is 2.13. The molecule has 0 fully saturated rings. The lowest BCUT2D eigenvalue weighted by molar-refractivity contribution is -0.113. The average molecular weight is 185 g/mol. The van der Waals surface area contributed by atoms with Gasteiger partial charge >= 0.3 is 0 Å². The molecule has 0 aliphatic rings. The smallest absolute Gasteiger partial charge is 0.161 e. The molecule has 0 heterocycles. The van der Waals surface area contributed by atoms with Crippen LogP contribution < -0.4 is 0 Å². The van der Waals surface area contributed by atoms with Gasteiger partial charge in [0, 0.05) is 5.57 Å². The molecule has 1 nitrogen and oxygen atoms in total. The van der Waals surface area contributed by atoms with E-state index in [1.807, 2.05) is 13.8 Å². The molecule has 0 amide bonds. The first-order chi connectivity index (χ1) is 5.63. The van der Waals surface area contributed by atoms with E-state index in [0.717, 1.165) is 0 Å². The van der Waals surface area contributed by atoms with E-state index in [1.54, 1.807) is 24.3 Å². The van der Waals surface area contributed by atoms with Crippen LogP contribution in [0.15, 0.2) is 34.9 Å². The summed E-state index contributed by atoms with van der Waals surface area (Å²) in [7, 11) is 0. The van der Waals surface area contributed by atoms with Gasteiger partial charge in [-0.25, -0.2) is 0 Å². The second kappa shape index (κ2) is 5.78. The Bertz CT molecular complexity index is 247. The normalized spacial score (nSPS) is 14.0. The van der Waals surface area contributed by atoms with Gasteiger partial charge in [0.25, 0.3) is 0 Å². The summed E-state index contributed by atoms with van der Waals surface area (Å²) in [6.07, 6.45) is 7.01. The molecular weight excluding hydrogens is 172 g/mol. The quantitative estimate of drug-likeness (QED) is 0.486. The predicted octanol–water partition coefficient (Wildman–Crippen LogP) is 3.22. The van der Waals surface area contributed by atoms with E-state index in [2.05, 4.69) is 0 Å². The van der Waals surface area contributed by atoms with E-state index in [4.69, 9.17) is 11.6 Å². The van der Waals surface area contributed by atoms with Crippen LogP contribution >= 0.6 is 11.6 Å². The zero-order chi connectivity index (χ0) is 9.56. The number of carbonyl (C=O) groups excluding carboxylic acids is 1. The van der Waals surface area contributed by atoms with Gasteiger partial charge in [-0.05, 0) is 26.8 Å². The molecule has 0 atom stereocenters. The van der Waals surface area contributed by atoms with Crippen LogP contribution in [-0.4, -0.2) is 5.78 Å². The fourth-order valence-corrected chi connectivity index (χ4v) is 1.09. The molecule has 0 radical (unpaired) electrons. The van der Waals surface area contributed by atoms with Crippen molar-refractivity contribution in [1.29, 1.82) is 0 Å². The lowest BCUT2D eigenvalue weighted by Gasteiger charge is -1.96. The molecule has 0 saturated heterocycles. The van der Waals surface area contributed by atoms with Gasteiger partial charge in [0.2, 0.25) is 0 Å². The number of rotatable bonds is 3. The van der Waals surface area contributed by atoms with Gasteiger partial charge in [-0.15, -0.1) is 0 Å². The molecule has 66 valence electrons. The maximum atomic E-state index is 11.0.